The van der Waals surface area contributed by atoms with Gasteiger partial charge in [0.2, 0.25) is 5.91 Å². The predicted octanol–water partition coefficient (Wildman–Crippen LogP) is -0.557. The molecule has 0 spiro atoms. The Balaban J connectivity index is 2.80. The van der Waals surface area contributed by atoms with Crippen LogP contribution in [0.2, 0.25) is 0 Å². The van der Waals surface area contributed by atoms with Gasteiger partial charge in [0, 0.05) is 13.5 Å². The number of carboxylic acid groups (broad SMARTS) is 1. The summed E-state index contributed by atoms with van der Waals surface area (Å²) in [4.78, 5) is 22.9. The van der Waals surface area contributed by atoms with Gasteiger partial charge in [-0.2, -0.15) is 0 Å². The second kappa shape index (κ2) is 3.74. The first-order valence-corrected chi connectivity index (χ1v) is 4.22. The van der Waals surface area contributed by atoms with Crippen LogP contribution in [-0.4, -0.2) is 45.7 Å². The average molecular weight is 187 g/mol. The van der Waals surface area contributed by atoms with E-state index in [0.717, 1.165) is 0 Å². The first-order valence-electron chi connectivity index (χ1n) is 4.22. The Morgan fingerprint density at radius 2 is 2.08 bits per heavy atom. The van der Waals surface area contributed by atoms with Crippen LogP contribution in [0, 0.1) is 0 Å². The molecule has 5 nitrogen and oxygen atoms in total. The van der Waals surface area contributed by atoms with E-state index < -0.39 is 18.1 Å². The molecule has 0 aromatic heterocycles. The Kier molecular flexibility index (Phi) is 2.87. The number of nitrogens with zero attached hydrogens (tertiary/aromatic N) is 1. The molecule has 1 rings (SSSR count). The van der Waals surface area contributed by atoms with E-state index >= 15 is 0 Å². The third kappa shape index (κ3) is 1.98. The Hall–Kier alpha value is -1.10. The molecule has 5 heteroatoms. The number of aliphatic carboxylic acids is 1. The summed E-state index contributed by atoms with van der Waals surface area (Å²) in [5, 5.41) is 18.2. The standard InChI is InChI=1S/C8H13NO4/c1-5(10)9-4-2-3-6(11)7(9)8(12)13/h6-7,11H,2-4H2,1H3,(H,12,13)/t6-,7-/m1/s1. The van der Waals surface area contributed by atoms with Gasteiger partial charge >= 0.3 is 5.97 Å². The molecule has 2 atom stereocenters. The van der Waals surface area contributed by atoms with Crippen molar-refractivity contribution >= 4 is 11.9 Å². The quantitative estimate of drug-likeness (QED) is 0.577. The largest absolute Gasteiger partial charge is 0.480 e. The van der Waals surface area contributed by atoms with E-state index in [0.29, 0.717) is 19.4 Å². The summed E-state index contributed by atoms with van der Waals surface area (Å²) in [5.41, 5.74) is 0. The highest BCUT2D eigenvalue weighted by molar-refractivity contribution is 5.83. The van der Waals surface area contributed by atoms with Gasteiger partial charge in [-0.05, 0) is 12.8 Å². The number of piperidine rings is 1. The van der Waals surface area contributed by atoms with Gasteiger partial charge in [-0.1, -0.05) is 0 Å². The van der Waals surface area contributed by atoms with Crippen molar-refractivity contribution in [2.24, 2.45) is 0 Å². The van der Waals surface area contributed by atoms with Crippen LogP contribution in [-0.2, 0) is 9.59 Å². The van der Waals surface area contributed by atoms with Crippen molar-refractivity contribution in [2.45, 2.75) is 31.9 Å². The van der Waals surface area contributed by atoms with Gasteiger partial charge in [0.15, 0.2) is 6.04 Å². The highest BCUT2D eigenvalue weighted by Crippen LogP contribution is 2.17. The molecule has 0 saturated carbocycles. The topological polar surface area (TPSA) is 77.8 Å². The summed E-state index contributed by atoms with van der Waals surface area (Å²) in [6, 6.07) is -1.06. The fraction of sp³-hybridized carbons (Fsp3) is 0.750. The third-order valence-electron chi connectivity index (χ3n) is 2.26. The number of hydrogen-bond acceptors (Lipinski definition) is 3. The van der Waals surface area contributed by atoms with Crippen molar-refractivity contribution in [3.05, 3.63) is 0 Å². The average Bonchev–Trinajstić information content (AvgIpc) is 2.02. The van der Waals surface area contributed by atoms with Crippen LogP contribution < -0.4 is 0 Å². The third-order valence-corrected chi connectivity index (χ3v) is 2.26. The van der Waals surface area contributed by atoms with Crippen LogP contribution in [0.1, 0.15) is 19.8 Å². The molecular weight excluding hydrogens is 174 g/mol. The summed E-state index contributed by atoms with van der Waals surface area (Å²) in [6.45, 7) is 1.73. The lowest BCUT2D eigenvalue weighted by Gasteiger charge is -2.35. The smallest absolute Gasteiger partial charge is 0.329 e. The minimum Gasteiger partial charge on any atom is -0.480 e. The van der Waals surface area contributed by atoms with Gasteiger partial charge in [0.25, 0.3) is 0 Å². The van der Waals surface area contributed by atoms with Crippen molar-refractivity contribution in [1.82, 2.24) is 4.90 Å². The van der Waals surface area contributed by atoms with E-state index in [1.54, 1.807) is 0 Å². The summed E-state index contributed by atoms with van der Waals surface area (Å²) in [7, 11) is 0. The molecule has 0 bridgehead atoms. The molecule has 0 unspecified atom stereocenters. The molecule has 0 aromatic rings. The molecule has 0 aliphatic carbocycles. The van der Waals surface area contributed by atoms with Gasteiger partial charge in [-0.3, -0.25) is 4.79 Å². The highest BCUT2D eigenvalue weighted by Gasteiger charge is 2.36. The maximum Gasteiger partial charge on any atom is 0.329 e. The maximum atomic E-state index is 11.0. The zero-order valence-electron chi connectivity index (χ0n) is 7.43. The van der Waals surface area contributed by atoms with E-state index in [1.165, 1.54) is 11.8 Å². The SMILES string of the molecule is CC(=O)N1CCC[C@@H](O)[C@@H]1C(=O)O. The lowest BCUT2D eigenvalue weighted by Crippen LogP contribution is -2.54. The zero-order chi connectivity index (χ0) is 10.0. The van der Waals surface area contributed by atoms with Gasteiger partial charge in [-0.15, -0.1) is 0 Å². The van der Waals surface area contributed by atoms with Crippen molar-refractivity contribution in [3.63, 3.8) is 0 Å². The number of amides is 1. The van der Waals surface area contributed by atoms with Crippen LogP contribution in [0.4, 0.5) is 0 Å². The van der Waals surface area contributed by atoms with Crippen LogP contribution in [0.15, 0.2) is 0 Å². The highest BCUT2D eigenvalue weighted by atomic mass is 16.4. The van der Waals surface area contributed by atoms with E-state index in [-0.39, 0.29) is 5.91 Å². The van der Waals surface area contributed by atoms with Crippen molar-refractivity contribution < 1.29 is 19.8 Å². The number of likely N-dealkylation sites (tertiary alicyclic amines) is 1. The van der Waals surface area contributed by atoms with E-state index in [9.17, 15) is 14.7 Å². The predicted molar refractivity (Wildman–Crippen MR) is 44.1 cm³/mol. The molecule has 1 heterocycles. The minimum absolute atomic E-state index is 0.300. The molecule has 1 aliphatic rings. The zero-order valence-corrected chi connectivity index (χ0v) is 7.43. The Morgan fingerprint density at radius 1 is 1.46 bits per heavy atom. The number of carbonyl (C=O) groups is 2. The number of carboxylic acids is 1. The number of aliphatic hydroxyl groups is 1. The minimum atomic E-state index is -1.14. The Morgan fingerprint density at radius 3 is 2.46 bits per heavy atom. The molecule has 74 valence electrons. The summed E-state index contributed by atoms with van der Waals surface area (Å²) >= 11 is 0. The molecule has 13 heavy (non-hydrogen) atoms. The van der Waals surface area contributed by atoms with Crippen LogP contribution >= 0.6 is 0 Å². The van der Waals surface area contributed by atoms with Crippen LogP contribution in [0.25, 0.3) is 0 Å². The van der Waals surface area contributed by atoms with Gasteiger partial charge in [-0.25, -0.2) is 4.79 Å². The van der Waals surface area contributed by atoms with Gasteiger partial charge in [0.1, 0.15) is 0 Å². The van der Waals surface area contributed by atoms with Crippen LogP contribution in [0.3, 0.4) is 0 Å². The van der Waals surface area contributed by atoms with Crippen molar-refractivity contribution in [3.8, 4) is 0 Å². The fourth-order valence-electron chi connectivity index (χ4n) is 1.63. The van der Waals surface area contributed by atoms with E-state index in [1.807, 2.05) is 0 Å². The normalized spacial score (nSPS) is 28.6. The summed E-state index contributed by atoms with van der Waals surface area (Å²) in [6.07, 6.45) is 0.167. The lowest BCUT2D eigenvalue weighted by atomic mass is 9.99. The number of carbonyl (C=O) groups excluding carboxylic acids is 1. The van der Waals surface area contributed by atoms with Gasteiger partial charge < -0.3 is 15.1 Å². The Labute approximate surface area is 76.0 Å². The van der Waals surface area contributed by atoms with Crippen molar-refractivity contribution in [1.29, 1.82) is 0 Å². The number of rotatable bonds is 1. The van der Waals surface area contributed by atoms with Crippen LogP contribution in [0.5, 0.6) is 0 Å². The first-order chi connectivity index (χ1) is 6.04. The number of hydrogen-bond donors (Lipinski definition) is 2. The second-order valence-corrected chi connectivity index (χ2v) is 3.21. The Bertz CT molecular complexity index is 228. The molecule has 1 aliphatic heterocycles. The first kappa shape index (κ1) is 9.98. The molecule has 1 saturated heterocycles. The summed E-state index contributed by atoms with van der Waals surface area (Å²) in [5.74, 6) is -1.44. The van der Waals surface area contributed by atoms with E-state index in [2.05, 4.69) is 0 Å². The summed E-state index contributed by atoms with van der Waals surface area (Å²) < 4.78 is 0. The molecular formula is C8H13NO4. The number of aliphatic hydroxyl groups excluding tert-OH is 1. The molecule has 2 N–H and O–H groups in total. The monoisotopic (exact) mass is 187 g/mol. The van der Waals surface area contributed by atoms with E-state index in [4.69, 9.17) is 5.11 Å². The second-order valence-electron chi connectivity index (χ2n) is 3.21. The van der Waals surface area contributed by atoms with Crippen molar-refractivity contribution in [2.75, 3.05) is 6.54 Å². The molecule has 0 radical (unpaired) electrons. The molecule has 1 amide bonds. The molecule has 0 aromatic carbocycles. The lowest BCUT2D eigenvalue weighted by molar-refractivity contribution is -0.157. The molecule has 1 fully saturated rings. The maximum absolute atomic E-state index is 11.0. The fourth-order valence-corrected chi connectivity index (χ4v) is 1.63. The van der Waals surface area contributed by atoms with Gasteiger partial charge in [0.05, 0.1) is 6.10 Å².